The quantitative estimate of drug-likeness (QED) is 0.502. The summed E-state index contributed by atoms with van der Waals surface area (Å²) in [6, 6.07) is 4.89. The molecular weight excluding hydrogens is 260 g/mol. The van der Waals surface area contributed by atoms with Crippen molar-refractivity contribution in [3.05, 3.63) is 33.9 Å². The molecule has 0 spiro atoms. The number of carbonyl (C=O) groups is 1. The van der Waals surface area contributed by atoms with Crippen molar-refractivity contribution in [2.24, 2.45) is 0 Å². The number of hydrogen-bond acceptors (Lipinski definition) is 5. The second-order valence-electron chi connectivity index (χ2n) is 4.93. The molecule has 1 aromatic carbocycles. The fourth-order valence-corrected chi connectivity index (χ4v) is 2.32. The minimum absolute atomic E-state index is 0.0510. The zero-order valence-electron chi connectivity index (χ0n) is 11.4. The van der Waals surface area contributed by atoms with Gasteiger partial charge in [-0.3, -0.25) is 19.8 Å². The number of anilines is 1. The maximum Gasteiger partial charge on any atom is 0.292 e. The Bertz CT molecular complexity index is 524. The normalized spacial score (nSPS) is 16.1. The smallest absolute Gasteiger partial charge is 0.292 e. The molecule has 0 bridgehead atoms. The topological polar surface area (TPSA) is 92.7 Å². The molecule has 1 aromatic rings. The molecule has 1 aliphatic rings. The Hall–Kier alpha value is -2.15. The molecule has 0 unspecified atom stereocenters. The Balaban J connectivity index is 1.99. The van der Waals surface area contributed by atoms with Gasteiger partial charge in [0.1, 0.15) is 5.69 Å². The second-order valence-corrected chi connectivity index (χ2v) is 4.93. The molecule has 1 fully saturated rings. The predicted octanol–water partition coefficient (Wildman–Crippen LogP) is 0.841. The van der Waals surface area contributed by atoms with Gasteiger partial charge >= 0.3 is 0 Å². The van der Waals surface area contributed by atoms with Crippen molar-refractivity contribution in [3.8, 4) is 0 Å². The largest absolute Gasteiger partial charge is 0.393 e. The highest BCUT2D eigenvalue weighted by atomic mass is 16.6. The summed E-state index contributed by atoms with van der Waals surface area (Å²) < 4.78 is 0. The van der Waals surface area contributed by atoms with Crippen molar-refractivity contribution >= 4 is 17.3 Å². The lowest BCUT2D eigenvalue weighted by molar-refractivity contribution is -0.384. The third-order valence-corrected chi connectivity index (χ3v) is 3.52. The summed E-state index contributed by atoms with van der Waals surface area (Å²) in [6.45, 7) is 5.15. The van der Waals surface area contributed by atoms with Crippen molar-refractivity contribution in [2.45, 2.75) is 13.5 Å². The Kier molecular flexibility index (Phi) is 4.19. The molecule has 1 saturated heterocycles. The third-order valence-electron chi connectivity index (χ3n) is 3.52. The van der Waals surface area contributed by atoms with E-state index >= 15 is 0 Å². The van der Waals surface area contributed by atoms with Crippen molar-refractivity contribution in [1.29, 1.82) is 0 Å². The van der Waals surface area contributed by atoms with E-state index in [1.165, 1.54) is 6.07 Å². The molecule has 0 radical (unpaired) electrons. The molecule has 2 N–H and O–H groups in total. The zero-order chi connectivity index (χ0) is 14.7. The summed E-state index contributed by atoms with van der Waals surface area (Å²) in [6.07, 6.45) is 0. The van der Waals surface area contributed by atoms with Gasteiger partial charge in [0.25, 0.3) is 5.69 Å². The first-order valence-corrected chi connectivity index (χ1v) is 6.48. The van der Waals surface area contributed by atoms with E-state index in [9.17, 15) is 14.9 Å². The van der Waals surface area contributed by atoms with Gasteiger partial charge in [-0.05, 0) is 11.6 Å². The number of amides is 1. The molecule has 1 amide bonds. The van der Waals surface area contributed by atoms with Gasteiger partial charge in [0.2, 0.25) is 5.91 Å². The minimum atomic E-state index is -0.466. The maximum atomic E-state index is 11.2. The van der Waals surface area contributed by atoms with Crippen LogP contribution in [0.25, 0.3) is 0 Å². The average molecular weight is 278 g/mol. The standard InChI is InChI=1S/C13H18N4O3/c1-10(18)16-6-4-15(5-7-16)9-11-2-3-12(14)13(8-11)17(19)20/h2-3,8H,4-7,9,14H2,1H3. The van der Waals surface area contributed by atoms with Crippen molar-refractivity contribution < 1.29 is 9.72 Å². The number of nitrogens with two attached hydrogens (primary N) is 1. The Morgan fingerprint density at radius 2 is 2.00 bits per heavy atom. The number of hydrogen-bond donors (Lipinski definition) is 1. The van der Waals surface area contributed by atoms with Gasteiger partial charge in [0, 0.05) is 45.7 Å². The lowest BCUT2D eigenvalue weighted by atomic mass is 10.1. The number of piperazine rings is 1. The lowest BCUT2D eigenvalue weighted by Crippen LogP contribution is -2.47. The summed E-state index contributed by atoms with van der Waals surface area (Å²) in [7, 11) is 0. The van der Waals surface area contributed by atoms with Crippen LogP contribution in [0.3, 0.4) is 0 Å². The van der Waals surface area contributed by atoms with Crippen LogP contribution in [-0.2, 0) is 11.3 Å². The number of nitrogen functional groups attached to an aromatic ring is 1. The summed E-state index contributed by atoms with van der Waals surface area (Å²) in [5, 5.41) is 10.9. The molecule has 108 valence electrons. The van der Waals surface area contributed by atoms with E-state index in [0.717, 1.165) is 18.7 Å². The van der Waals surface area contributed by atoms with Crippen LogP contribution in [0.15, 0.2) is 18.2 Å². The van der Waals surface area contributed by atoms with Gasteiger partial charge in [-0.25, -0.2) is 0 Å². The van der Waals surface area contributed by atoms with E-state index in [-0.39, 0.29) is 17.3 Å². The van der Waals surface area contributed by atoms with Crippen molar-refractivity contribution in [2.75, 3.05) is 31.9 Å². The molecule has 1 heterocycles. The molecule has 1 aliphatic heterocycles. The van der Waals surface area contributed by atoms with Gasteiger partial charge in [-0.2, -0.15) is 0 Å². The number of carbonyl (C=O) groups excluding carboxylic acids is 1. The van der Waals surface area contributed by atoms with Crippen LogP contribution in [0.4, 0.5) is 11.4 Å². The number of rotatable bonds is 3. The third kappa shape index (κ3) is 3.24. The van der Waals surface area contributed by atoms with E-state index < -0.39 is 4.92 Å². The highest BCUT2D eigenvalue weighted by Gasteiger charge is 2.19. The van der Waals surface area contributed by atoms with E-state index in [1.807, 2.05) is 4.90 Å². The summed E-state index contributed by atoms with van der Waals surface area (Å²) in [4.78, 5) is 25.6. The molecular formula is C13H18N4O3. The predicted molar refractivity (Wildman–Crippen MR) is 75.0 cm³/mol. The van der Waals surface area contributed by atoms with E-state index in [0.29, 0.717) is 19.6 Å². The van der Waals surface area contributed by atoms with Crippen LogP contribution >= 0.6 is 0 Å². The molecule has 0 aromatic heterocycles. The van der Waals surface area contributed by atoms with Gasteiger partial charge in [-0.1, -0.05) is 6.07 Å². The first kappa shape index (κ1) is 14.3. The molecule has 0 aliphatic carbocycles. The van der Waals surface area contributed by atoms with Crippen LogP contribution in [0.2, 0.25) is 0 Å². The molecule has 0 atom stereocenters. The fourth-order valence-electron chi connectivity index (χ4n) is 2.32. The van der Waals surface area contributed by atoms with Crippen LogP contribution in [-0.4, -0.2) is 46.8 Å². The average Bonchev–Trinajstić information content (AvgIpc) is 2.41. The summed E-state index contributed by atoms with van der Waals surface area (Å²) >= 11 is 0. The van der Waals surface area contributed by atoms with Crippen molar-refractivity contribution in [3.63, 3.8) is 0 Å². The first-order valence-electron chi connectivity index (χ1n) is 6.48. The summed E-state index contributed by atoms with van der Waals surface area (Å²) in [5.41, 5.74) is 6.57. The van der Waals surface area contributed by atoms with E-state index in [2.05, 4.69) is 4.90 Å². The van der Waals surface area contributed by atoms with E-state index in [4.69, 9.17) is 5.73 Å². The van der Waals surface area contributed by atoms with Gasteiger partial charge < -0.3 is 10.6 Å². The molecule has 7 nitrogen and oxygen atoms in total. The lowest BCUT2D eigenvalue weighted by Gasteiger charge is -2.34. The molecule has 2 rings (SSSR count). The molecule has 7 heteroatoms. The summed E-state index contributed by atoms with van der Waals surface area (Å²) in [5.74, 6) is 0.0905. The maximum absolute atomic E-state index is 11.2. The van der Waals surface area contributed by atoms with Gasteiger partial charge in [0.15, 0.2) is 0 Å². The Morgan fingerprint density at radius 3 is 2.55 bits per heavy atom. The van der Waals surface area contributed by atoms with Crippen LogP contribution in [0.5, 0.6) is 0 Å². The number of benzene rings is 1. The van der Waals surface area contributed by atoms with Gasteiger partial charge in [0.05, 0.1) is 4.92 Å². The number of nitro groups is 1. The number of nitro benzene ring substituents is 1. The molecule has 0 saturated carbocycles. The second kappa shape index (κ2) is 5.87. The van der Waals surface area contributed by atoms with Crippen LogP contribution in [0, 0.1) is 10.1 Å². The SMILES string of the molecule is CC(=O)N1CCN(Cc2ccc(N)c([N+](=O)[O-])c2)CC1. The monoisotopic (exact) mass is 278 g/mol. The van der Waals surface area contributed by atoms with Crippen LogP contribution in [0.1, 0.15) is 12.5 Å². The highest BCUT2D eigenvalue weighted by molar-refractivity contribution is 5.73. The Morgan fingerprint density at radius 1 is 1.35 bits per heavy atom. The van der Waals surface area contributed by atoms with E-state index in [1.54, 1.807) is 19.1 Å². The van der Waals surface area contributed by atoms with Crippen LogP contribution < -0.4 is 5.73 Å². The minimum Gasteiger partial charge on any atom is -0.393 e. The molecule has 20 heavy (non-hydrogen) atoms. The number of nitrogens with zero attached hydrogens (tertiary/aromatic N) is 3. The zero-order valence-corrected chi connectivity index (χ0v) is 11.4. The highest BCUT2D eigenvalue weighted by Crippen LogP contribution is 2.23. The fraction of sp³-hybridized carbons (Fsp3) is 0.462. The first-order chi connectivity index (χ1) is 9.47. The van der Waals surface area contributed by atoms with Gasteiger partial charge in [-0.15, -0.1) is 0 Å². The van der Waals surface area contributed by atoms with Crippen molar-refractivity contribution in [1.82, 2.24) is 9.80 Å². The Labute approximate surface area is 117 Å².